The monoisotopic (exact) mass is 311 g/mol. The average molecular weight is 311 g/mol. The molecule has 0 radical (unpaired) electrons. The Morgan fingerprint density at radius 2 is 1.67 bits per heavy atom. The van der Waals surface area contributed by atoms with Crippen molar-refractivity contribution in [3.63, 3.8) is 0 Å². The molecule has 0 spiro atoms. The number of rotatable bonds is 1. The molecule has 0 aliphatic carbocycles. The predicted molar refractivity (Wildman–Crippen MR) is 72.3 cm³/mol. The standard InChI is InChI=1S/C14H8F3NO2S/c15-14(16,17)8-4-2-6-10-12(8)18-11-7(13(19)20)3-1-5-9(11)21-10/h1-6,18H,(H,19,20). The molecule has 0 saturated carbocycles. The average Bonchev–Trinajstić information content (AvgIpc) is 2.42. The first-order chi connectivity index (χ1) is 9.88. The molecule has 0 unspecified atom stereocenters. The van der Waals surface area contributed by atoms with Gasteiger partial charge in [0.2, 0.25) is 0 Å². The number of carbonyl (C=O) groups is 1. The molecule has 0 atom stereocenters. The second-order valence-corrected chi connectivity index (χ2v) is 5.47. The van der Waals surface area contributed by atoms with Crippen LogP contribution in [-0.2, 0) is 6.18 Å². The van der Waals surface area contributed by atoms with Crippen molar-refractivity contribution < 1.29 is 23.1 Å². The lowest BCUT2D eigenvalue weighted by molar-refractivity contribution is -0.137. The van der Waals surface area contributed by atoms with Crippen LogP contribution in [-0.4, -0.2) is 11.1 Å². The molecule has 1 aliphatic rings. The topological polar surface area (TPSA) is 49.3 Å². The smallest absolute Gasteiger partial charge is 0.418 e. The fraction of sp³-hybridized carbons (Fsp3) is 0.0714. The lowest BCUT2D eigenvalue weighted by Gasteiger charge is -2.25. The van der Waals surface area contributed by atoms with E-state index in [4.69, 9.17) is 5.11 Å². The summed E-state index contributed by atoms with van der Waals surface area (Å²) in [6.45, 7) is 0. The third-order valence-electron chi connectivity index (χ3n) is 3.06. The zero-order valence-corrected chi connectivity index (χ0v) is 11.2. The van der Waals surface area contributed by atoms with Crippen molar-refractivity contribution in [3.8, 4) is 0 Å². The van der Waals surface area contributed by atoms with Gasteiger partial charge in [0.15, 0.2) is 0 Å². The van der Waals surface area contributed by atoms with Gasteiger partial charge in [-0.25, -0.2) is 4.79 Å². The highest BCUT2D eigenvalue weighted by molar-refractivity contribution is 7.99. The van der Waals surface area contributed by atoms with E-state index in [1.54, 1.807) is 18.2 Å². The number of alkyl halides is 3. The number of nitrogens with one attached hydrogen (secondary N) is 1. The molecule has 21 heavy (non-hydrogen) atoms. The van der Waals surface area contributed by atoms with Gasteiger partial charge in [-0.15, -0.1) is 0 Å². The number of carboxylic acids is 1. The molecular formula is C14H8F3NO2S. The van der Waals surface area contributed by atoms with E-state index < -0.39 is 17.7 Å². The Morgan fingerprint density at radius 3 is 2.29 bits per heavy atom. The molecule has 0 bridgehead atoms. The molecule has 3 nitrogen and oxygen atoms in total. The second-order valence-electron chi connectivity index (χ2n) is 4.39. The summed E-state index contributed by atoms with van der Waals surface area (Å²) < 4.78 is 39.1. The highest BCUT2D eigenvalue weighted by Crippen LogP contribution is 2.49. The first kappa shape index (κ1) is 13.8. The van der Waals surface area contributed by atoms with Gasteiger partial charge < -0.3 is 10.4 Å². The number of hydrogen-bond donors (Lipinski definition) is 2. The zero-order chi connectivity index (χ0) is 15.2. The summed E-state index contributed by atoms with van der Waals surface area (Å²) in [6, 6.07) is 8.47. The normalized spacial score (nSPS) is 13.1. The van der Waals surface area contributed by atoms with Crippen LogP contribution >= 0.6 is 11.8 Å². The molecule has 2 aromatic carbocycles. The minimum atomic E-state index is -4.51. The van der Waals surface area contributed by atoms with Gasteiger partial charge in [-0.1, -0.05) is 23.9 Å². The Kier molecular flexibility index (Phi) is 3.09. The van der Waals surface area contributed by atoms with Gasteiger partial charge in [0, 0.05) is 9.79 Å². The van der Waals surface area contributed by atoms with Gasteiger partial charge in [0.1, 0.15) is 0 Å². The number of carboxylic acid groups (broad SMARTS) is 1. The Hall–Kier alpha value is -2.15. The van der Waals surface area contributed by atoms with Crippen molar-refractivity contribution in [2.24, 2.45) is 0 Å². The van der Waals surface area contributed by atoms with Crippen molar-refractivity contribution in [3.05, 3.63) is 47.5 Å². The molecule has 2 aromatic rings. The van der Waals surface area contributed by atoms with Crippen LogP contribution in [0.2, 0.25) is 0 Å². The maximum absolute atomic E-state index is 13.0. The number of fused-ring (bicyclic) bond motifs is 2. The maximum Gasteiger partial charge on any atom is 0.418 e. The molecule has 1 aliphatic heterocycles. The molecule has 0 amide bonds. The second kappa shape index (κ2) is 4.70. The molecule has 108 valence electrons. The van der Waals surface area contributed by atoms with Crippen LogP contribution in [0, 0.1) is 0 Å². The number of hydrogen-bond acceptors (Lipinski definition) is 3. The fourth-order valence-corrected chi connectivity index (χ4v) is 3.20. The maximum atomic E-state index is 13.0. The van der Waals surface area contributed by atoms with Crippen molar-refractivity contribution in [2.75, 3.05) is 5.32 Å². The quantitative estimate of drug-likeness (QED) is 0.689. The molecule has 2 N–H and O–H groups in total. The van der Waals surface area contributed by atoms with Crippen LogP contribution < -0.4 is 5.32 Å². The summed E-state index contributed by atoms with van der Waals surface area (Å²) in [5, 5.41) is 11.8. The Labute approximate surface area is 121 Å². The van der Waals surface area contributed by atoms with Crippen LogP contribution in [0.5, 0.6) is 0 Å². The van der Waals surface area contributed by atoms with Crippen LogP contribution in [0.4, 0.5) is 24.5 Å². The highest BCUT2D eigenvalue weighted by Gasteiger charge is 2.36. The molecule has 0 saturated heterocycles. The molecule has 7 heteroatoms. The van der Waals surface area contributed by atoms with E-state index in [-0.39, 0.29) is 16.9 Å². The van der Waals surface area contributed by atoms with Crippen molar-refractivity contribution in [1.82, 2.24) is 0 Å². The third-order valence-corrected chi connectivity index (χ3v) is 4.18. The van der Waals surface area contributed by atoms with E-state index >= 15 is 0 Å². The van der Waals surface area contributed by atoms with E-state index in [9.17, 15) is 18.0 Å². The van der Waals surface area contributed by atoms with Crippen molar-refractivity contribution in [1.29, 1.82) is 0 Å². The van der Waals surface area contributed by atoms with E-state index in [2.05, 4.69) is 5.32 Å². The largest absolute Gasteiger partial charge is 0.478 e. The number of halogens is 3. The Bertz CT molecular complexity index is 743. The molecule has 3 rings (SSSR count). The van der Waals surface area contributed by atoms with Gasteiger partial charge in [-0.3, -0.25) is 0 Å². The van der Waals surface area contributed by atoms with E-state index in [0.29, 0.717) is 9.79 Å². The van der Waals surface area contributed by atoms with Crippen molar-refractivity contribution >= 4 is 29.1 Å². The summed E-state index contributed by atoms with van der Waals surface area (Å²) in [4.78, 5) is 12.2. The molecule has 0 aromatic heterocycles. The van der Waals surface area contributed by atoms with Gasteiger partial charge >= 0.3 is 12.1 Å². The van der Waals surface area contributed by atoms with Gasteiger partial charge in [-0.05, 0) is 24.3 Å². The summed E-state index contributed by atoms with van der Waals surface area (Å²) in [5.74, 6) is -1.19. The zero-order valence-electron chi connectivity index (χ0n) is 10.4. The SMILES string of the molecule is O=C(O)c1cccc2c1Nc1c(cccc1C(F)(F)F)S2. The van der Waals surface area contributed by atoms with Gasteiger partial charge in [0.05, 0.1) is 22.5 Å². The highest BCUT2D eigenvalue weighted by atomic mass is 32.2. The number of benzene rings is 2. The predicted octanol–water partition coefficient (Wildman–Crippen LogP) is 4.61. The van der Waals surface area contributed by atoms with Crippen molar-refractivity contribution in [2.45, 2.75) is 16.0 Å². The summed E-state index contributed by atoms with van der Waals surface area (Å²) in [7, 11) is 0. The summed E-state index contributed by atoms with van der Waals surface area (Å²) >= 11 is 1.12. The molecule has 1 heterocycles. The van der Waals surface area contributed by atoms with Crippen LogP contribution in [0.25, 0.3) is 0 Å². The van der Waals surface area contributed by atoms with Crippen LogP contribution in [0.1, 0.15) is 15.9 Å². The number of aromatic carboxylic acids is 1. The summed E-state index contributed by atoms with van der Waals surface area (Å²) in [6.07, 6.45) is -4.51. The van der Waals surface area contributed by atoms with Crippen LogP contribution in [0.3, 0.4) is 0 Å². The van der Waals surface area contributed by atoms with Gasteiger partial charge in [-0.2, -0.15) is 13.2 Å². The fourth-order valence-electron chi connectivity index (χ4n) is 2.15. The number of anilines is 2. The molecule has 0 fully saturated rings. The Morgan fingerprint density at radius 1 is 1.05 bits per heavy atom. The third kappa shape index (κ3) is 2.33. The minimum Gasteiger partial charge on any atom is -0.478 e. The Balaban J connectivity index is 2.17. The lowest BCUT2D eigenvalue weighted by Crippen LogP contribution is -2.13. The molecular weight excluding hydrogens is 303 g/mol. The van der Waals surface area contributed by atoms with E-state index in [0.717, 1.165) is 17.8 Å². The minimum absolute atomic E-state index is 0.0531. The summed E-state index contributed by atoms with van der Waals surface area (Å²) in [5.41, 5.74) is -0.767. The van der Waals surface area contributed by atoms with Gasteiger partial charge in [0.25, 0.3) is 0 Å². The van der Waals surface area contributed by atoms with E-state index in [1.165, 1.54) is 12.1 Å². The lowest BCUT2D eigenvalue weighted by atomic mass is 10.1. The first-order valence-corrected chi connectivity index (χ1v) is 6.71. The van der Waals surface area contributed by atoms with Crippen LogP contribution in [0.15, 0.2) is 46.2 Å². The number of para-hydroxylation sites is 2. The van der Waals surface area contributed by atoms with E-state index in [1.807, 2.05) is 0 Å². The first-order valence-electron chi connectivity index (χ1n) is 5.89.